The van der Waals surface area contributed by atoms with E-state index in [1.54, 1.807) is 0 Å². The van der Waals surface area contributed by atoms with Crippen molar-refractivity contribution in [3.05, 3.63) is 42.2 Å². The quantitative estimate of drug-likeness (QED) is 0.0661. The van der Waals surface area contributed by atoms with Crippen LogP contribution in [0.3, 0.4) is 0 Å². The molecule has 0 bridgehead atoms. The Bertz CT molecular complexity index is 582. The molecule has 36 heavy (non-hydrogen) atoms. The molecule has 0 spiro atoms. The molecule has 0 saturated carbocycles. The van der Waals surface area contributed by atoms with E-state index in [1.165, 1.54) is 166 Å². The zero-order valence-corrected chi connectivity index (χ0v) is 25.2. The number of rotatable bonds is 26. The topological polar surface area (TPSA) is 3.88 Å². The van der Waals surface area contributed by atoms with Gasteiger partial charge in [0.25, 0.3) is 0 Å². The monoisotopic (exact) mass is 519 g/mol. The van der Waals surface area contributed by atoms with E-state index in [0.29, 0.717) is 0 Å². The molecule has 0 amide bonds. The maximum atomic E-state index is 2.43. The van der Waals surface area contributed by atoms with Gasteiger partial charge in [0.1, 0.15) is 6.54 Å². The molecule has 0 aromatic carbocycles. The first-order valence-electron chi connectivity index (χ1n) is 16.0. The zero-order valence-electron chi connectivity index (χ0n) is 24.5. The number of hydrogen-bond donors (Lipinski definition) is 0. The number of nitrogens with zero attached hydrogens (tertiary/aromatic N) is 1. The van der Waals surface area contributed by atoms with Crippen LogP contribution < -0.4 is 17.0 Å². The minimum atomic E-state index is 0. The van der Waals surface area contributed by atoms with Crippen LogP contribution in [0.1, 0.15) is 167 Å². The molecule has 0 unspecified atom stereocenters. The van der Waals surface area contributed by atoms with E-state index in [2.05, 4.69) is 55.1 Å². The molecule has 1 aromatic rings. The lowest BCUT2D eigenvalue weighted by Gasteiger charge is -2.04. The molecule has 0 radical (unpaired) electrons. The second kappa shape index (κ2) is 28.7. The van der Waals surface area contributed by atoms with Crippen LogP contribution in [-0.4, -0.2) is 0 Å². The summed E-state index contributed by atoms with van der Waals surface area (Å²) in [6, 6.07) is 4.58. The first-order valence-corrected chi connectivity index (χ1v) is 16.0. The number of halogens is 1. The summed E-state index contributed by atoms with van der Waals surface area (Å²) in [6.07, 6.45) is 42.9. The summed E-state index contributed by atoms with van der Waals surface area (Å²) in [5, 5.41) is 0. The third-order valence-corrected chi connectivity index (χ3v) is 7.42. The number of aryl methyl sites for hydroxylation is 2. The number of aromatic nitrogens is 1. The van der Waals surface area contributed by atoms with Crippen molar-refractivity contribution in [1.82, 2.24) is 0 Å². The molecule has 0 N–H and O–H groups in total. The molecule has 1 nitrogen and oxygen atoms in total. The van der Waals surface area contributed by atoms with Crippen LogP contribution in [0.4, 0.5) is 0 Å². The molecule has 0 saturated heterocycles. The third-order valence-electron chi connectivity index (χ3n) is 7.42. The second-order valence-corrected chi connectivity index (χ2v) is 11.0. The van der Waals surface area contributed by atoms with Crippen molar-refractivity contribution in [3.8, 4) is 0 Å². The van der Waals surface area contributed by atoms with Gasteiger partial charge >= 0.3 is 0 Å². The molecule has 1 heterocycles. The predicted octanol–water partition coefficient (Wildman–Crippen LogP) is 8.09. The van der Waals surface area contributed by atoms with E-state index in [0.717, 1.165) is 0 Å². The summed E-state index contributed by atoms with van der Waals surface area (Å²) in [5.74, 6) is 0. The van der Waals surface area contributed by atoms with Crippen LogP contribution in [0.25, 0.3) is 0 Å². The number of allylic oxidation sites excluding steroid dienone is 2. The Labute approximate surface area is 233 Å². The number of pyridine rings is 1. The van der Waals surface area contributed by atoms with Crippen LogP contribution in [0, 0.1) is 0 Å². The Morgan fingerprint density at radius 2 is 1.03 bits per heavy atom. The van der Waals surface area contributed by atoms with Gasteiger partial charge in [-0.2, -0.15) is 0 Å². The van der Waals surface area contributed by atoms with E-state index in [9.17, 15) is 0 Å². The van der Waals surface area contributed by atoms with Gasteiger partial charge in [-0.25, -0.2) is 4.57 Å². The van der Waals surface area contributed by atoms with Gasteiger partial charge in [-0.3, -0.25) is 0 Å². The molecule has 0 fully saturated rings. The summed E-state index contributed by atoms with van der Waals surface area (Å²) in [4.78, 5) is 0. The number of unbranched alkanes of at least 4 members (excludes halogenated alkanes) is 20. The Morgan fingerprint density at radius 1 is 0.556 bits per heavy atom. The molecule has 0 aliphatic heterocycles. The lowest BCUT2D eigenvalue weighted by Crippen LogP contribution is -3.00. The Morgan fingerprint density at radius 3 is 1.61 bits per heavy atom. The van der Waals surface area contributed by atoms with Crippen LogP contribution >= 0.6 is 0 Å². The second-order valence-electron chi connectivity index (χ2n) is 11.0. The van der Waals surface area contributed by atoms with Crippen molar-refractivity contribution >= 4 is 0 Å². The minimum absolute atomic E-state index is 0. The van der Waals surface area contributed by atoms with Crippen molar-refractivity contribution in [2.24, 2.45) is 0 Å². The molecule has 1 rings (SSSR count). The van der Waals surface area contributed by atoms with Gasteiger partial charge in [-0.15, -0.1) is 0 Å². The molecule has 0 atom stereocenters. The van der Waals surface area contributed by atoms with E-state index >= 15 is 0 Å². The zero-order chi connectivity index (χ0) is 25.1. The van der Waals surface area contributed by atoms with Crippen LogP contribution in [0.2, 0.25) is 0 Å². The molecule has 2 heteroatoms. The van der Waals surface area contributed by atoms with Gasteiger partial charge in [0.2, 0.25) is 0 Å². The summed E-state index contributed by atoms with van der Waals surface area (Å²) in [6.45, 7) is 5.76. The Hall–Kier alpha value is -0.820. The van der Waals surface area contributed by atoms with Crippen LogP contribution in [0.5, 0.6) is 0 Å². The summed E-state index contributed by atoms with van der Waals surface area (Å²) in [5.41, 5.74) is 1.53. The molecule has 210 valence electrons. The van der Waals surface area contributed by atoms with Gasteiger partial charge < -0.3 is 12.4 Å². The highest BCUT2D eigenvalue weighted by atomic mass is 35.5. The maximum Gasteiger partial charge on any atom is 0.171 e. The number of hydrogen-bond acceptors (Lipinski definition) is 0. The Kier molecular flexibility index (Phi) is 28.1. The van der Waals surface area contributed by atoms with E-state index < -0.39 is 0 Å². The van der Waals surface area contributed by atoms with Gasteiger partial charge in [0.15, 0.2) is 12.4 Å². The molecular formula is C34H62ClN. The van der Waals surface area contributed by atoms with E-state index in [1.807, 2.05) is 0 Å². The first kappa shape index (κ1) is 35.2. The molecule has 0 aliphatic carbocycles. The molecular weight excluding hydrogens is 458 g/mol. The minimum Gasteiger partial charge on any atom is -1.00 e. The maximum absolute atomic E-state index is 2.43. The van der Waals surface area contributed by atoms with Crippen LogP contribution in [0.15, 0.2) is 36.7 Å². The Balaban J connectivity index is 0.0000122. The van der Waals surface area contributed by atoms with Crippen molar-refractivity contribution in [2.45, 2.75) is 174 Å². The van der Waals surface area contributed by atoms with Gasteiger partial charge in [0.05, 0.1) is 0 Å². The van der Waals surface area contributed by atoms with Gasteiger partial charge in [-0.1, -0.05) is 135 Å². The lowest BCUT2D eigenvalue weighted by molar-refractivity contribution is -0.697. The highest BCUT2D eigenvalue weighted by Crippen LogP contribution is 2.13. The third kappa shape index (κ3) is 23.6. The smallest absolute Gasteiger partial charge is 0.171 e. The van der Waals surface area contributed by atoms with E-state index in [-0.39, 0.29) is 12.4 Å². The van der Waals surface area contributed by atoms with E-state index in [4.69, 9.17) is 0 Å². The highest BCUT2D eigenvalue weighted by molar-refractivity contribution is 5.05. The highest BCUT2D eigenvalue weighted by Gasteiger charge is 2.03. The fraction of sp³-hybridized carbons (Fsp3) is 0.794. The first-order chi connectivity index (χ1) is 17.4. The fourth-order valence-corrected chi connectivity index (χ4v) is 5.03. The summed E-state index contributed by atoms with van der Waals surface area (Å²) < 4.78 is 2.43. The van der Waals surface area contributed by atoms with Crippen molar-refractivity contribution in [3.63, 3.8) is 0 Å². The normalized spacial score (nSPS) is 11.3. The average molecular weight is 520 g/mol. The van der Waals surface area contributed by atoms with Crippen LogP contribution in [-0.2, 0) is 13.0 Å². The molecule has 0 aliphatic rings. The average Bonchev–Trinajstić information content (AvgIpc) is 2.88. The lowest BCUT2D eigenvalue weighted by atomic mass is 10.0. The molecule has 1 aromatic heterocycles. The fourth-order valence-electron chi connectivity index (χ4n) is 5.03. The summed E-state index contributed by atoms with van der Waals surface area (Å²) >= 11 is 0. The van der Waals surface area contributed by atoms with Crippen molar-refractivity contribution in [1.29, 1.82) is 0 Å². The summed E-state index contributed by atoms with van der Waals surface area (Å²) in [7, 11) is 0. The predicted molar refractivity (Wildman–Crippen MR) is 157 cm³/mol. The van der Waals surface area contributed by atoms with Gasteiger partial charge in [0, 0.05) is 18.1 Å². The van der Waals surface area contributed by atoms with Gasteiger partial charge in [-0.05, 0) is 44.6 Å². The van der Waals surface area contributed by atoms with Crippen molar-refractivity contribution < 1.29 is 17.0 Å². The largest absolute Gasteiger partial charge is 1.00 e. The SMILES string of the molecule is CCCC/C=C\CCCCCCCCCC[n+]1cccc(CCCCCCCCCCCCC)c1.[Cl-]. The van der Waals surface area contributed by atoms with Crippen molar-refractivity contribution in [2.75, 3.05) is 0 Å². The standard InChI is InChI=1S/C34H62N.ClH/c1-3-5-7-9-11-13-15-16-17-19-21-23-25-27-31-35-32-28-30-34(33-35)29-26-24-22-20-18-14-12-10-8-6-4-2;/h9,11,28,30,32-33H,3-8,10,12-27,29,31H2,1-2H3;1H/q+1;/p-1/b11-9-;.